The van der Waals surface area contributed by atoms with Gasteiger partial charge in [0.05, 0.1) is 11.3 Å². The van der Waals surface area contributed by atoms with Gasteiger partial charge in [0.2, 0.25) is 0 Å². The second kappa shape index (κ2) is 14.5. The summed E-state index contributed by atoms with van der Waals surface area (Å²) in [4.78, 5) is 15.5. The molecule has 51 heavy (non-hydrogen) atoms. The van der Waals surface area contributed by atoms with E-state index >= 15 is 0 Å². The Morgan fingerprint density at radius 3 is 1.86 bits per heavy atom. The van der Waals surface area contributed by atoms with Crippen LogP contribution in [-0.2, 0) is 6.42 Å². The lowest BCUT2D eigenvalue weighted by Gasteiger charge is -2.27. The molecule has 3 nitrogen and oxygen atoms in total. The van der Waals surface area contributed by atoms with Gasteiger partial charge in [-0.15, -0.1) is 0 Å². The number of rotatable bonds is 9. The molecule has 0 spiro atoms. The molecule has 7 aromatic carbocycles. The fourth-order valence-corrected chi connectivity index (χ4v) is 6.77. The first-order chi connectivity index (χ1) is 24.8. The third kappa shape index (κ3) is 7.07. The molecule has 0 amide bonds. The van der Waals surface area contributed by atoms with Gasteiger partial charge in [0.1, 0.15) is 5.75 Å². The van der Waals surface area contributed by atoms with Crippen molar-refractivity contribution in [3.63, 3.8) is 0 Å². The SMILES string of the molecule is CCc1ccc(C(C)C)cc1-c1ccc(OC(=O)c2ccc(-c3ccc(N(c4ccc(C)cc4)c4cccc5c(C)cccc45)cc3)cc2)cc1. The third-order valence-electron chi connectivity index (χ3n) is 9.79. The van der Waals surface area contributed by atoms with Gasteiger partial charge in [-0.05, 0) is 125 Å². The summed E-state index contributed by atoms with van der Waals surface area (Å²) < 4.78 is 5.78. The highest BCUT2D eigenvalue weighted by Gasteiger charge is 2.17. The Morgan fingerprint density at radius 1 is 0.627 bits per heavy atom. The maximum absolute atomic E-state index is 13.1. The normalized spacial score (nSPS) is 11.2. The Labute approximate surface area is 301 Å². The van der Waals surface area contributed by atoms with Crippen LogP contribution in [0.5, 0.6) is 5.75 Å². The van der Waals surface area contributed by atoms with Gasteiger partial charge in [-0.1, -0.05) is 123 Å². The molecule has 0 radical (unpaired) electrons. The van der Waals surface area contributed by atoms with Crippen molar-refractivity contribution in [2.24, 2.45) is 0 Å². The summed E-state index contributed by atoms with van der Waals surface area (Å²) in [5, 5.41) is 2.46. The van der Waals surface area contributed by atoms with E-state index in [1.54, 1.807) is 0 Å². The van der Waals surface area contributed by atoms with Gasteiger partial charge in [-0.3, -0.25) is 0 Å². The highest BCUT2D eigenvalue weighted by atomic mass is 16.5. The highest BCUT2D eigenvalue weighted by Crippen LogP contribution is 2.40. The molecule has 7 rings (SSSR count). The van der Waals surface area contributed by atoms with E-state index < -0.39 is 0 Å². The van der Waals surface area contributed by atoms with Crippen LogP contribution in [0.15, 0.2) is 152 Å². The van der Waals surface area contributed by atoms with Crippen LogP contribution >= 0.6 is 0 Å². The van der Waals surface area contributed by atoms with Gasteiger partial charge in [0, 0.05) is 16.8 Å². The van der Waals surface area contributed by atoms with E-state index in [1.165, 1.54) is 38.6 Å². The number of esters is 1. The summed E-state index contributed by atoms with van der Waals surface area (Å²) in [6.07, 6.45) is 0.960. The zero-order chi connectivity index (χ0) is 35.5. The van der Waals surface area contributed by atoms with Crippen molar-refractivity contribution in [3.05, 3.63) is 179 Å². The van der Waals surface area contributed by atoms with E-state index in [9.17, 15) is 4.79 Å². The summed E-state index contributed by atoms with van der Waals surface area (Å²) in [6.45, 7) is 10.9. The summed E-state index contributed by atoms with van der Waals surface area (Å²) in [5.74, 6) is 0.612. The van der Waals surface area contributed by atoms with Gasteiger partial charge < -0.3 is 9.64 Å². The van der Waals surface area contributed by atoms with E-state index in [4.69, 9.17) is 4.74 Å². The topological polar surface area (TPSA) is 29.5 Å². The van der Waals surface area contributed by atoms with Crippen molar-refractivity contribution < 1.29 is 9.53 Å². The van der Waals surface area contributed by atoms with Gasteiger partial charge in [-0.25, -0.2) is 4.79 Å². The van der Waals surface area contributed by atoms with E-state index in [0.717, 1.165) is 40.2 Å². The van der Waals surface area contributed by atoms with Gasteiger partial charge in [0.25, 0.3) is 0 Å². The molecular weight excluding hydrogens is 623 g/mol. The molecule has 0 fully saturated rings. The molecule has 7 aromatic rings. The molecule has 0 aromatic heterocycles. The minimum atomic E-state index is -0.375. The first kappa shape index (κ1) is 33.6. The van der Waals surface area contributed by atoms with Crippen molar-refractivity contribution in [1.82, 2.24) is 0 Å². The molecule has 0 atom stereocenters. The van der Waals surface area contributed by atoms with Gasteiger partial charge >= 0.3 is 5.97 Å². The molecule has 3 heteroatoms. The number of fused-ring (bicyclic) bond motifs is 1. The fraction of sp³-hybridized carbons (Fsp3) is 0.146. The molecule has 0 bridgehead atoms. The number of anilines is 3. The van der Waals surface area contributed by atoms with Crippen LogP contribution in [0.4, 0.5) is 17.1 Å². The Balaban J connectivity index is 1.10. The average Bonchev–Trinajstić information content (AvgIpc) is 3.16. The Morgan fingerprint density at radius 2 is 1.22 bits per heavy atom. The standard InChI is InChI=1S/C48H43NO2/c1-6-35-15-20-40(32(2)3)31-46(35)38-23-29-43(30-24-38)51-48(50)39-18-16-36(17-19-39)37-21-27-42(28-22-37)49(41-25-13-33(4)14-26-41)47-12-8-10-44-34(5)9-7-11-45(44)47/h7-32H,6H2,1-5H3. The second-order valence-electron chi connectivity index (χ2n) is 13.6. The van der Waals surface area contributed by atoms with E-state index in [2.05, 4.69) is 143 Å². The van der Waals surface area contributed by atoms with E-state index in [-0.39, 0.29) is 5.97 Å². The Bertz CT molecular complexity index is 2300. The molecule has 0 aliphatic carbocycles. The molecule has 0 aliphatic rings. The minimum Gasteiger partial charge on any atom is -0.423 e. The van der Waals surface area contributed by atoms with Crippen molar-refractivity contribution in [2.75, 3.05) is 4.90 Å². The number of ether oxygens (including phenoxy) is 1. The van der Waals surface area contributed by atoms with E-state index in [0.29, 0.717) is 17.2 Å². The molecule has 0 saturated carbocycles. The predicted octanol–water partition coefficient (Wildman–Crippen LogP) is 13.2. The highest BCUT2D eigenvalue weighted by molar-refractivity contribution is 6.00. The van der Waals surface area contributed by atoms with Crippen molar-refractivity contribution in [1.29, 1.82) is 0 Å². The number of aryl methyl sites for hydroxylation is 3. The summed E-state index contributed by atoms with van der Waals surface area (Å²) in [7, 11) is 0. The van der Waals surface area contributed by atoms with Crippen LogP contribution in [0.2, 0.25) is 0 Å². The lowest BCUT2D eigenvalue weighted by molar-refractivity contribution is 0.0735. The van der Waals surface area contributed by atoms with Gasteiger partial charge in [-0.2, -0.15) is 0 Å². The average molecular weight is 666 g/mol. The molecule has 0 aliphatic heterocycles. The van der Waals surface area contributed by atoms with Crippen LogP contribution in [0.25, 0.3) is 33.0 Å². The maximum atomic E-state index is 13.1. The van der Waals surface area contributed by atoms with Crippen LogP contribution in [-0.4, -0.2) is 5.97 Å². The van der Waals surface area contributed by atoms with Crippen LogP contribution in [0.1, 0.15) is 59.3 Å². The first-order valence-corrected chi connectivity index (χ1v) is 17.8. The quantitative estimate of drug-likeness (QED) is 0.114. The number of carbonyl (C=O) groups excluding carboxylic acids is 1. The molecule has 252 valence electrons. The molecule has 0 N–H and O–H groups in total. The van der Waals surface area contributed by atoms with Crippen molar-refractivity contribution in [2.45, 2.75) is 47.0 Å². The van der Waals surface area contributed by atoms with Crippen molar-refractivity contribution >= 4 is 33.8 Å². The molecule has 0 unspecified atom stereocenters. The molecule has 0 heterocycles. The van der Waals surface area contributed by atoms with Crippen LogP contribution in [0, 0.1) is 13.8 Å². The maximum Gasteiger partial charge on any atom is 0.343 e. The summed E-state index contributed by atoms with van der Waals surface area (Å²) >= 11 is 0. The summed E-state index contributed by atoms with van der Waals surface area (Å²) in [6, 6.07) is 52.5. The van der Waals surface area contributed by atoms with Crippen LogP contribution in [0.3, 0.4) is 0 Å². The Hall–Kier alpha value is -5.93. The monoisotopic (exact) mass is 665 g/mol. The third-order valence-corrected chi connectivity index (χ3v) is 9.79. The summed E-state index contributed by atoms with van der Waals surface area (Å²) in [5.41, 5.74) is 13.4. The predicted molar refractivity (Wildman–Crippen MR) is 214 cm³/mol. The largest absolute Gasteiger partial charge is 0.423 e. The zero-order valence-electron chi connectivity index (χ0n) is 30.0. The number of nitrogens with zero attached hydrogens (tertiary/aromatic N) is 1. The lowest BCUT2D eigenvalue weighted by atomic mass is 9.92. The number of hydrogen-bond donors (Lipinski definition) is 0. The number of benzene rings is 7. The number of carbonyl (C=O) groups is 1. The second-order valence-corrected chi connectivity index (χ2v) is 13.6. The zero-order valence-corrected chi connectivity index (χ0v) is 30.0. The van der Waals surface area contributed by atoms with Crippen molar-refractivity contribution in [3.8, 4) is 28.0 Å². The smallest absolute Gasteiger partial charge is 0.343 e. The molecule has 0 saturated heterocycles. The number of hydrogen-bond acceptors (Lipinski definition) is 3. The fourth-order valence-electron chi connectivity index (χ4n) is 6.77. The lowest BCUT2D eigenvalue weighted by Crippen LogP contribution is -2.10. The minimum absolute atomic E-state index is 0.375. The molecular formula is C48H43NO2. The first-order valence-electron chi connectivity index (χ1n) is 17.8. The Kier molecular flexibility index (Phi) is 9.55. The van der Waals surface area contributed by atoms with Gasteiger partial charge in [0.15, 0.2) is 0 Å². The van der Waals surface area contributed by atoms with Crippen LogP contribution < -0.4 is 9.64 Å². The van der Waals surface area contributed by atoms with E-state index in [1.807, 2.05) is 48.5 Å².